The topological polar surface area (TPSA) is 49.8 Å². The van der Waals surface area contributed by atoms with E-state index in [-0.39, 0.29) is 17.8 Å². The molecule has 0 radical (unpaired) electrons. The number of hydrogen-bond acceptors (Lipinski definition) is 3. The van der Waals surface area contributed by atoms with Crippen LogP contribution in [-0.2, 0) is 4.74 Å². The average Bonchev–Trinajstić information content (AvgIpc) is 2.39. The van der Waals surface area contributed by atoms with Crippen molar-refractivity contribution in [2.75, 3.05) is 19.7 Å². The Morgan fingerprint density at radius 2 is 2.39 bits per heavy atom. The number of amides is 1. The van der Waals surface area contributed by atoms with Gasteiger partial charge in [0.15, 0.2) is 0 Å². The number of nitrogens with zero attached hydrogens (tertiary/aromatic N) is 1. The molecule has 0 spiro atoms. The van der Waals surface area contributed by atoms with Crippen LogP contribution in [0.4, 0.5) is 0 Å². The maximum Gasteiger partial charge on any atom is 0.254 e. The van der Waals surface area contributed by atoms with Gasteiger partial charge in [-0.05, 0) is 38.0 Å². The van der Waals surface area contributed by atoms with Gasteiger partial charge in [0.2, 0.25) is 0 Å². The smallest absolute Gasteiger partial charge is 0.254 e. The van der Waals surface area contributed by atoms with Gasteiger partial charge in [-0.1, -0.05) is 6.07 Å². The normalized spacial score (nSPS) is 19.8. The van der Waals surface area contributed by atoms with E-state index in [4.69, 9.17) is 4.74 Å². The fraction of sp³-hybridized carbons (Fsp3) is 0.500. The van der Waals surface area contributed by atoms with Gasteiger partial charge in [-0.15, -0.1) is 0 Å². The quantitative estimate of drug-likeness (QED) is 0.891. The summed E-state index contributed by atoms with van der Waals surface area (Å²) in [6, 6.07) is 6.49. The minimum atomic E-state index is -0.0321. The summed E-state index contributed by atoms with van der Waals surface area (Å²) < 4.78 is 5.58. The van der Waals surface area contributed by atoms with Crippen LogP contribution in [-0.4, -0.2) is 41.7 Å². The van der Waals surface area contributed by atoms with E-state index < -0.39 is 0 Å². The van der Waals surface area contributed by atoms with Gasteiger partial charge in [0.05, 0.1) is 6.10 Å². The van der Waals surface area contributed by atoms with E-state index in [0.29, 0.717) is 18.7 Å². The number of hydrogen-bond donors (Lipinski definition) is 1. The number of benzene rings is 1. The van der Waals surface area contributed by atoms with Crippen LogP contribution in [0.3, 0.4) is 0 Å². The number of piperidine rings is 1. The fourth-order valence-electron chi connectivity index (χ4n) is 2.32. The molecular formula is C14H19NO3. The first-order chi connectivity index (χ1) is 8.70. The molecule has 2 rings (SSSR count). The van der Waals surface area contributed by atoms with E-state index in [1.807, 2.05) is 6.92 Å². The van der Waals surface area contributed by atoms with Crippen LogP contribution in [0.5, 0.6) is 5.75 Å². The highest BCUT2D eigenvalue weighted by atomic mass is 16.5. The average molecular weight is 249 g/mol. The van der Waals surface area contributed by atoms with E-state index >= 15 is 0 Å². The lowest BCUT2D eigenvalue weighted by Gasteiger charge is -2.32. The lowest BCUT2D eigenvalue weighted by Crippen LogP contribution is -2.43. The molecule has 1 unspecified atom stereocenters. The lowest BCUT2D eigenvalue weighted by molar-refractivity contribution is 0.00723. The highest BCUT2D eigenvalue weighted by molar-refractivity contribution is 5.94. The Morgan fingerprint density at radius 1 is 1.56 bits per heavy atom. The monoisotopic (exact) mass is 249 g/mol. The highest BCUT2D eigenvalue weighted by Crippen LogP contribution is 2.18. The van der Waals surface area contributed by atoms with Crippen molar-refractivity contribution < 1.29 is 14.6 Å². The van der Waals surface area contributed by atoms with E-state index in [1.165, 1.54) is 6.07 Å². The number of rotatable bonds is 3. The molecule has 18 heavy (non-hydrogen) atoms. The van der Waals surface area contributed by atoms with Gasteiger partial charge < -0.3 is 14.7 Å². The molecule has 1 atom stereocenters. The van der Waals surface area contributed by atoms with Crippen molar-refractivity contribution in [3.8, 4) is 5.75 Å². The van der Waals surface area contributed by atoms with Crippen LogP contribution in [0.2, 0.25) is 0 Å². The molecule has 0 aliphatic carbocycles. The zero-order chi connectivity index (χ0) is 13.0. The van der Waals surface area contributed by atoms with Crippen LogP contribution in [0.15, 0.2) is 24.3 Å². The Bertz CT molecular complexity index is 417. The molecule has 1 aliphatic rings. The molecule has 1 amide bonds. The summed E-state index contributed by atoms with van der Waals surface area (Å²) in [5.74, 6) is 0.0921. The second kappa shape index (κ2) is 5.87. The summed E-state index contributed by atoms with van der Waals surface area (Å²) in [6.45, 7) is 4.05. The largest absolute Gasteiger partial charge is 0.508 e. The van der Waals surface area contributed by atoms with Gasteiger partial charge >= 0.3 is 0 Å². The van der Waals surface area contributed by atoms with Gasteiger partial charge in [-0.3, -0.25) is 4.79 Å². The molecule has 1 aromatic carbocycles. The third-order valence-electron chi connectivity index (χ3n) is 3.16. The van der Waals surface area contributed by atoms with Crippen molar-refractivity contribution in [2.45, 2.75) is 25.9 Å². The van der Waals surface area contributed by atoms with Crippen molar-refractivity contribution in [1.82, 2.24) is 4.90 Å². The first-order valence-corrected chi connectivity index (χ1v) is 6.40. The number of ether oxygens (including phenoxy) is 1. The Labute approximate surface area is 107 Å². The van der Waals surface area contributed by atoms with Crippen molar-refractivity contribution in [2.24, 2.45) is 0 Å². The van der Waals surface area contributed by atoms with Crippen molar-refractivity contribution in [3.05, 3.63) is 29.8 Å². The molecule has 0 saturated carbocycles. The number of carbonyl (C=O) groups excluding carboxylic acids is 1. The summed E-state index contributed by atoms with van der Waals surface area (Å²) in [6.07, 6.45) is 2.12. The zero-order valence-corrected chi connectivity index (χ0v) is 10.6. The molecule has 0 aromatic heterocycles. The summed E-state index contributed by atoms with van der Waals surface area (Å²) >= 11 is 0. The number of phenols is 1. The summed E-state index contributed by atoms with van der Waals surface area (Å²) in [7, 11) is 0. The van der Waals surface area contributed by atoms with Crippen molar-refractivity contribution in [1.29, 1.82) is 0 Å². The third kappa shape index (κ3) is 3.01. The van der Waals surface area contributed by atoms with Gasteiger partial charge in [0, 0.05) is 25.3 Å². The van der Waals surface area contributed by atoms with Crippen LogP contribution in [0.1, 0.15) is 30.1 Å². The standard InChI is InChI=1S/C14H19NO3/c1-2-18-13-7-4-8-15(10-13)14(17)11-5-3-6-12(16)9-11/h3,5-6,9,13,16H,2,4,7-8,10H2,1H3. The Hall–Kier alpha value is -1.55. The van der Waals surface area contributed by atoms with Crippen molar-refractivity contribution in [3.63, 3.8) is 0 Å². The maximum atomic E-state index is 12.3. The van der Waals surface area contributed by atoms with Crippen LogP contribution >= 0.6 is 0 Å². The molecule has 1 saturated heterocycles. The predicted octanol–water partition coefficient (Wildman–Crippen LogP) is 2.03. The summed E-state index contributed by atoms with van der Waals surface area (Å²) in [5.41, 5.74) is 0.534. The molecule has 4 nitrogen and oxygen atoms in total. The van der Waals surface area contributed by atoms with E-state index in [2.05, 4.69) is 0 Å². The highest BCUT2D eigenvalue weighted by Gasteiger charge is 2.24. The Morgan fingerprint density at radius 3 is 3.11 bits per heavy atom. The number of carbonyl (C=O) groups is 1. The molecule has 4 heteroatoms. The summed E-state index contributed by atoms with van der Waals surface area (Å²) in [5, 5.41) is 9.40. The number of phenolic OH excluding ortho intramolecular Hbond substituents is 1. The lowest BCUT2D eigenvalue weighted by atomic mass is 10.1. The predicted molar refractivity (Wildman–Crippen MR) is 68.7 cm³/mol. The molecule has 0 bridgehead atoms. The van der Waals surface area contributed by atoms with Gasteiger partial charge in [0.1, 0.15) is 5.75 Å². The molecular weight excluding hydrogens is 230 g/mol. The number of likely N-dealkylation sites (tertiary alicyclic amines) is 1. The van der Waals surface area contributed by atoms with E-state index in [1.54, 1.807) is 23.1 Å². The van der Waals surface area contributed by atoms with Crippen LogP contribution < -0.4 is 0 Å². The van der Waals surface area contributed by atoms with Gasteiger partial charge in [-0.25, -0.2) is 0 Å². The second-order valence-electron chi connectivity index (χ2n) is 4.52. The third-order valence-corrected chi connectivity index (χ3v) is 3.16. The Kier molecular flexibility index (Phi) is 4.20. The minimum absolute atomic E-state index is 0.0321. The number of aromatic hydroxyl groups is 1. The Balaban J connectivity index is 2.04. The SMILES string of the molecule is CCOC1CCCN(C(=O)c2cccc(O)c2)C1. The van der Waals surface area contributed by atoms with E-state index in [0.717, 1.165) is 19.4 Å². The van der Waals surface area contributed by atoms with Gasteiger partial charge in [0.25, 0.3) is 5.91 Å². The van der Waals surface area contributed by atoms with Crippen LogP contribution in [0, 0.1) is 0 Å². The molecule has 1 heterocycles. The second-order valence-corrected chi connectivity index (χ2v) is 4.52. The minimum Gasteiger partial charge on any atom is -0.508 e. The molecule has 1 N–H and O–H groups in total. The maximum absolute atomic E-state index is 12.3. The van der Waals surface area contributed by atoms with E-state index in [9.17, 15) is 9.90 Å². The zero-order valence-electron chi connectivity index (χ0n) is 10.6. The first kappa shape index (κ1) is 12.9. The molecule has 98 valence electrons. The van der Waals surface area contributed by atoms with Crippen molar-refractivity contribution >= 4 is 5.91 Å². The first-order valence-electron chi connectivity index (χ1n) is 6.40. The molecule has 1 fully saturated rings. The van der Waals surface area contributed by atoms with Gasteiger partial charge in [-0.2, -0.15) is 0 Å². The molecule has 1 aliphatic heterocycles. The van der Waals surface area contributed by atoms with Crippen LogP contribution in [0.25, 0.3) is 0 Å². The molecule has 1 aromatic rings. The fourth-order valence-corrected chi connectivity index (χ4v) is 2.32. The summed E-state index contributed by atoms with van der Waals surface area (Å²) in [4.78, 5) is 14.1.